The minimum Gasteiger partial charge on any atom is -0.319 e. The summed E-state index contributed by atoms with van der Waals surface area (Å²) in [7, 11) is 0. The van der Waals surface area contributed by atoms with E-state index in [1.807, 2.05) is 66.7 Å². The first-order chi connectivity index (χ1) is 28.2. The second-order valence-electron chi connectivity index (χ2n) is 14.2. The highest BCUT2D eigenvalue weighted by atomic mass is 15.0. The van der Waals surface area contributed by atoms with Gasteiger partial charge in [-0.25, -0.2) is 4.85 Å². The fourth-order valence-electron chi connectivity index (χ4n) is 9.01. The zero-order valence-corrected chi connectivity index (χ0v) is 30.3. The molecule has 0 bridgehead atoms. The number of para-hydroxylation sites is 5. The van der Waals surface area contributed by atoms with E-state index in [4.69, 9.17) is 6.57 Å². The molecule has 57 heavy (non-hydrogen) atoms. The largest absolute Gasteiger partial charge is 0.319 e. The summed E-state index contributed by atoms with van der Waals surface area (Å²) in [5, 5.41) is 27.9. The number of aromatic nitrogens is 3. The molecule has 0 unspecified atom stereocenters. The Morgan fingerprint density at radius 1 is 0.421 bits per heavy atom. The fourth-order valence-corrected chi connectivity index (χ4v) is 9.01. The quantitative estimate of drug-likeness (QED) is 0.170. The molecule has 6 nitrogen and oxygen atoms in total. The number of rotatable bonds is 4. The van der Waals surface area contributed by atoms with Crippen LogP contribution in [0.25, 0.3) is 98.5 Å². The van der Waals surface area contributed by atoms with Crippen molar-refractivity contribution in [2.24, 2.45) is 0 Å². The van der Waals surface area contributed by atoms with E-state index in [-0.39, 0.29) is 11.3 Å². The van der Waals surface area contributed by atoms with Crippen molar-refractivity contribution in [3.8, 4) is 40.3 Å². The minimum atomic E-state index is 0.253. The smallest absolute Gasteiger partial charge is 0.228 e. The van der Waals surface area contributed by atoms with Crippen LogP contribution >= 0.6 is 0 Å². The van der Waals surface area contributed by atoms with Gasteiger partial charge < -0.3 is 13.7 Å². The molecular formula is C51H28N6. The normalized spacial score (nSPS) is 11.5. The molecule has 262 valence electrons. The Hall–Kier alpha value is -8.37. The highest BCUT2D eigenvalue weighted by molar-refractivity contribution is 6.24. The van der Waals surface area contributed by atoms with Crippen LogP contribution in [0.2, 0.25) is 0 Å². The summed E-state index contributed by atoms with van der Waals surface area (Å²) in [5.74, 6) is 0. The lowest BCUT2D eigenvalue weighted by molar-refractivity contribution is 1.15. The highest BCUT2D eigenvalue weighted by Gasteiger charge is 2.25. The Morgan fingerprint density at radius 2 is 0.912 bits per heavy atom. The molecule has 0 atom stereocenters. The van der Waals surface area contributed by atoms with Gasteiger partial charge in [-0.2, -0.15) is 10.5 Å². The van der Waals surface area contributed by atoms with Crippen molar-refractivity contribution in [1.29, 1.82) is 10.5 Å². The van der Waals surface area contributed by atoms with Crippen molar-refractivity contribution >= 4 is 71.1 Å². The third-order valence-corrected chi connectivity index (χ3v) is 11.3. The van der Waals surface area contributed by atoms with Crippen molar-refractivity contribution in [3.63, 3.8) is 0 Å². The Morgan fingerprint density at radius 3 is 1.47 bits per heavy atom. The minimum absolute atomic E-state index is 0.253. The number of benzene rings is 8. The average molecular weight is 725 g/mol. The first-order valence-corrected chi connectivity index (χ1v) is 18.7. The van der Waals surface area contributed by atoms with E-state index in [0.717, 1.165) is 76.8 Å². The van der Waals surface area contributed by atoms with E-state index >= 15 is 0 Å². The lowest BCUT2D eigenvalue weighted by Gasteiger charge is -2.19. The van der Waals surface area contributed by atoms with E-state index in [1.165, 1.54) is 0 Å². The second-order valence-corrected chi connectivity index (χ2v) is 14.2. The summed E-state index contributed by atoms with van der Waals surface area (Å²) in [6, 6.07) is 62.4. The van der Waals surface area contributed by atoms with Crippen LogP contribution < -0.4 is 0 Å². The molecule has 0 aliphatic carbocycles. The SMILES string of the molecule is [C-]#[N+]c1c(-n2c3ccccc3c3ccccc32)ccc(-c2cc(C#N)ccc2-n2c3ccccc3c3ccc4c5ccccc5n(-c5ccccc5)c4c32)c1C#N. The van der Waals surface area contributed by atoms with Gasteiger partial charge in [0.1, 0.15) is 0 Å². The van der Waals surface area contributed by atoms with Crippen LogP contribution in [0.3, 0.4) is 0 Å². The molecule has 3 aromatic heterocycles. The van der Waals surface area contributed by atoms with Crippen molar-refractivity contribution in [3.05, 3.63) is 192 Å². The van der Waals surface area contributed by atoms with Gasteiger partial charge in [0.25, 0.3) is 0 Å². The molecular weight excluding hydrogens is 697 g/mol. The standard InChI is InChI=1S/C51H28N6/c1-54-49-42(31-53)34(26-28-48(49)56-44-20-10-5-15-35(44)36-16-6-11-21-45(36)56)41-29-32(30-52)23-27-47(41)57-46-22-12-8-18-38(46)40-25-24-39-37-17-7-9-19-43(37)55(50(39)51(40)57)33-13-3-2-4-14-33/h2-29H. The predicted molar refractivity (Wildman–Crippen MR) is 231 cm³/mol. The van der Waals surface area contributed by atoms with Crippen LogP contribution in [0.15, 0.2) is 170 Å². The van der Waals surface area contributed by atoms with Crippen molar-refractivity contribution in [2.45, 2.75) is 0 Å². The topological polar surface area (TPSA) is 66.7 Å². The van der Waals surface area contributed by atoms with Gasteiger partial charge in [-0.3, -0.25) is 0 Å². The number of nitriles is 2. The molecule has 3 heterocycles. The van der Waals surface area contributed by atoms with Gasteiger partial charge in [-0.1, -0.05) is 109 Å². The molecule has 6 heteroatoms. The lowest BCUT2D eigenvalue weighted by atomic mass is 9.94. The highest BCUT2D eigenvalue weighted by Crippen LogP contribution is 2.46. The van der Waals surface area contributed by atoms with E-state index in [9.17, 15) is 10.5 Å². The Balaban J connectivity index is 1.27. The van der Waals surface area contributed by atoms with Gasteiger partial charge in [-0.15, -0.1) is 0 Å². The van der Waals surface area contributed by atoms with Gasteiger partial charge in [0.05, 0.1) is 74.3 Å². The summed E-state index contributed by atoms with van der Waals surface area (Å²) in [6.07, 6.45) is 0. The van der Waals surface area contributed by atoms with E-state index in [1.54, 1.807) is 0 Å². The van der Waals surface area contributed by atoms with Gasteiger partial charge in [0.15, 0.2) is 0 Å². The molecule has 0 aliphatic heterocycles. The third kappa shape index (κ3) is 4.49. The number of fused-ring (bicyclic) bond motifs is 10. The van der Waals surface area contributed by atoms with Gasteiger partial charge in [-0.05, 0) is 66.2 Å². The molecule has 8 aromatic carbocycles. The van der Waals surface area contributed by atoms with Gasteiger partial charge in [0.2, 0.25) is 5.69 Å². The zero-order valence-electron chi connectivity index (χ0n) is 30.3. The molecule has 0 N–H and O–H groups in total. The van der Waals surface area contributed by atoms with Crippen LogP contribution in [-0.4, -0.2) is 13.7 Å². The molecule has 0 aliphatic rings. The first-order valence-electron chi connectivity index (χ1n) is 18.7. The molecule has 11 aromatic rings. The number of hydrogen-bond donors (Lipinski definition) is 0. The van der Waals surface area contributed by atoms with E-state index < -0.39 is 0 Å². The van der Waals surface area contributed by atoms with Gasteiger partial charge >= 0.3 is 0 Å². The second kappa shape index (κ2) is 12.3. The number of nitrogens with zero attached hydrogens (tertiary/aromatic N) is 6. The molecule has 0 saturated heterocycles. The zero-order chi connectivity index (χ0) is 38.2. The monoisotopic (exact) mass is 724 g/mol. The summed E-state index contributed by atoms with van der Waals surface area (Å²) in [5.41, 5.74) is 10.8. The summed E-state index contributed by atoms with van der Waals surface area (Å²) in [6.45, 7) is 8.54. The summed E-state index contributed by atoms with van der Waals surface area (Å²) in [4.78, 5) is 4.07. The Bertz CT molecular complexity index is 3560. The maximum absolute atomic E-state index is 11.0. The van der Waals surface area contributed by atoms with Crippen molar-refractivity contribution < 1.29 is 0 Å². The maximum Gasteiger partial charge on any atom is 0.228 e. The van der Waals surface area contributed by atoms with Crippen molar-refractivity contribution in [2.75, 3.05) is 0 Å². The number of hydrogen-bond acceptors (Lipinski definition) is 2. The first kappa shape index (κ1) is 32.1. The van der Waals surface area contributed by atoms with Crippen LogP contribution in [0.5, 0.6) is 0 Å². The Kier molecular flexibility index (Phi) is 6.95. The summed E-state index contributed by atoms with van der Waals surface area (Å²) < 4.78 is 6.70. The van der Waals surface area contributed by atoms with Crippen LogP contribution in [0, 0.1) is 29.2 Å². The lowest BCUT2D eigenvalue weighted by Crippen LogP contribution is -2.02. The molecule has 0 fully saturated rings. The van der Waals surface area contributed by atoms with Crippen LogP contribution in [0.1, 0.15) is 11.1 Å². The van der Waals surface area contributed by atoms with E-state index in [2.05, 4.69) is 134 Å². The molecule has 11 rings (SSSR count). The molecule has 0 amide bonds. The molecule has 0 saturated carbocycles. The third-order valence-electron chi connectivity index (χ3n) is 11.3. The Labute approximate surface area is 326 Å². The molecule has 0 spiro atoms. The predicted octanol–water partition coefficient (Wildman–Crippen LogP) is 12.9. The summed E-state index contributed by atoms with van der Waals surface area (Å²) >= 11 is 0. The average Bonchev–Trinajstić information content (AvgIpc) is 3.92. The van der Waals surface area contributed by atoms with Crippen molar-refractivity contribution in [1.82, 2.24) is 13.7 Å². The maximum atomic E-state index is 11.0. The van der Waals surface area contributed by atoms with Gasteiger partial charge in [0, 0.05) is 43.6 Å². The van der Waals surface area contributed by atoms with Crippen LogP contribution in [0.4, 0.5) is 5.69 Å². The van der Waals surface area contributed by atoms with Crippen LogP contribution in [-0.2, 0) is 0 Å². The van der Waals surface area contributed by atoms with E-state index in [0.29, 0.717) is 22.4 Å². The molecule has 0 radical (unpaired) electrons. The fraction of sp³-hybridized carbons (Fsp3) is 0.